The van der Waals surface area contributed by atoms with Crippen LogP contribution in [-0.4, -0.2) is 70.7 Å². The summed E-state index contributed by atoms with van der Waals surface area (Å²) in [6.45, 7) is 10.4. The molecule has 1 aromatic carbocycles. The van der Waals surface area contributed by atoms with Crippen molar-refractivity contribution < 1.29 is 5.11 Å². The SMILES string of the molecule is CN=C(NCc1ccc(CN2CCC(O)CC2)cc1)N1CCSC(C)(C)C1. The molecule has 0 radical (unpaired) electrons. The monoisotopic (exact) mass is 390 g/mol. The number of guanidine groups is 1. The largest absolute Gasteiger partial charge is 0.393 e. The smallest absolute Gasteiger partial charge is 0.193 e. The van der Waals surface area contributed by atoms with Gasteiger partial charge in [-0.05, 0) is 37.8 Å². The van der Waals surface area contributed by atoms with Gasteiger partial charge in [0.1, 0.15) is 0 Å². The quantitative estimate of drug-likeness (QED) is 0.611. The molecular formula is C21H34N4OS. The predicted octanol–water partition coefficient (Wildman–Crippen LogP) is 2.55. The molecule has 0 spiro atoms. The van der Waals surface area contributed by atoms with Gasteiger partial charge in [0.2, 0.25) is 0 Å². The van der Waals surface area contributed by atoms with E-state index in [9.17, 15) is 5.11 Å². The summed E-state index contributed by atoms with van der Waals surface area (Å²) in [6, 6.07) is 8.88. The van der Waals surface area contributed by atoms with Crippen molar-refractivity contribution in [2.24, 2.45) is 4.99 Å². The molecule has 0 bridgehead atoms. The third kappa shape index (κ3) is 6.13. The summed E-state index contributed by atoms with van der Waals surface area (Å²) in [5.41, 5.74) is 2.62. The number of thioether (sulfide) groups is 1. The van der Waals surface area contributed by atoms with E-state index in [2.05, 4.69) is 58.2 Å². The van der Waals surface area contributed by atoms with Gasteiger partial charge in [-0.15, -0.1) is 0 Å². The summed E-state index contributed by atoms with van der Waals surface area (Å²) >= 11 is 2.04. The van der Waals surface area contributed by atoms with Gasteiger partial charge >= 0.3 is 0 Å². The van der Waals surface area contributed by atoms with Gasteiger partial charge in [-0.25, -0.2) is 0 Å². The lowest BCUT2D eigenvalue weighted by atomic mass is 10.1. The minimum Gasteiger partial charge on any atom is -0.393 e. The number of hydrogen-bond donors (Lipinski definition) is 2. The first-order chi connectivity index (χ1) is 12.9. The zero-order chi connectivity index (χ0) is 19.3. The van der Waals surface area contributed by atoms with E-state index in [1.165, 1.54) is 11.1 Å². The number of aliphatic imine (C=N–C) groups is 1. The third-order valence-corrected chi connectivity index (χ3v) is 6.67. The second kappa shape index (κ2) is 9.30. The number of benzene rings is 1. The fourth-order valence-corrected chi connectivity index (χ4v) is 4.92. The maximum Gasteiger partial charge on any atom is 0.193 e. The van der Waals surface area contributed by atoms with Crippen LogP contribution in [0.3, 0.4) is 0 Å². The summed E-state index contributed by atoms with van der Waals surface area (Å²) in [7, 11) is 1.87. The lowest BCUT2D eigenvalue weighted by Crippen LogP contribution is -2.50. The van der Waals surface area contributed by atoms with E-state index in [4.69, 9.17) is 0 Å². The summed E-state index contributed by atoms with van der Waals surface area (Å²) < 4.78 is 0.280. The molecule has 2 N–H and O–H groups in total. The molecule has 2 aliphatic rings. The minimum absolute atomic E-state index is 0.104. The number of rotatable bonds is 4. The fourth-order valence-electron chi connectivity index (χ4n) is 3.81. The van der Waals surface area contributed by atoms with Crippen LogP contribution in [-0.2, 0) is 13.1 Å². The molecular weight excluding hydrogens is 356 g/mol. The van der Waals surface area contributed by atoms with Crippen molar-refractivity contribution in [2.45, 2.75) is 50.6 Å². The van der Waals surface area contributed by atoms with Gasteiger partial charge in [0.25, 0.3) is 0 Å². The van der Waals surface area contributed by atoms with Crippen molar-refractivity contribution in [3.63, 3.8) is 0 Å². The molecule has 6 heteroatoms. The van der Waals surface area contributed by atoms with Gasteiger partial charge < -0.3 is 15.3 Å². The number of nitrogens with one attached hydrogen (secondary N) is 1. The molecule has 2 aliphatic heterocycles. The van der Waals surface area contributed by atoms with E-state index in [0.29, 0.717) is 0 Å². The van der Waals surface area contributed by atoms with Crippen molar-refractivity contribution in [3.8, 4) is 0 Å². The zero-order valence-electron chi connectivity index (χ0n) is 16.9. The van der Waals surface area contributed by atoms with E-state index in [0.717, 1.165) is 63.8 Å². The Morgan fingerprint density at radius 3 is 2.48 bits per heavy atom. The molecule has 5 nitrogen and oxygen atoms in total. The van der Waals surface area contributed by atoms with Crippen LogP contribution in [0.25, 0.3) is 0 Å². The number of piperidine rings is 1. The Kier molecular flexibility index (Phi) is 7.06. The van der Waals surface area contributed by atoms with E-state index in [1.807, 2.05) is 18.8 Å². The normalized spacial score (nSPS) is 22.1. The first kappa shape index (κ1) is 20.5. The molecule has 27 heavy (non-hydrogen) atoms. The lowest BCUT2D eigenvalue weighted by Gasteiger charge is -2.39. The second-order valence-corrected chi connectivity index (χ2v) is 10.1. The molecule has 0 aromatic heterocycles. The molecule has 2 saturated heterocycles. The first-order valence-electron chi connectivity index (χ1n) is 10.0. The van der Waals surface area contributed by atoms with Crippen molar-refractivity contribution in [2.75, 3.05) is 39.0 Å². The Hall–Kier alpha value is -1.24. The van der Waals surface area contributed by atoms with Gasteiger partial charge in [-0.3, -0.25) is 9.89 Å². The third-order valence-electron chi connectivity index (χ3n) is 5.37. The molecule has 0 unspecified atom stereocenters. The minimum atomic E-state index is -0.104. The molecule has 150 valence electrons. The van der Waals surface area contributed by atoms with Crippen LogP contribution in [0.2, 0.25) is 0 Å². The van der Waals surface area contributed by atoms with Crippen LogP contribution in [0.5, 0.6) is 0 Å². The molecule has 3 rings (SSSR count). The second-order valence-electron chi connectivity index (χ2n) is 8.25. The van der Waals surface area contributed by atoms with Crippen LogP contribution in [0.1, 0.15) is 37.8 Å². The average molecular weight is 391 g/mol. The van der Waals surface area contributed by atoms with Crippen LogP contribution in [0.15, 0.2) is 29.3 Å². The number of hydrogen-bond acceptors (Lipinski definition) is 4. The summed E-state index contributed by atoms with van der Waals surface area (Å²) in [6.07, 6.45) is 1.69. The molecule has 2 fully saturated rings. The maximum absolute atomic E-state index is 9.63. The summed E-state index contributed by atoms with van der Waals surface area (Å²) in [5, 5.41) is 13.2. The van der Waals surface area contributed by atoms with Crippen molar-refractivity contribution >= 4 is 17.7 Å². The summed E-state index contributed by atoms with van der Waals surface area (Å²) in [4.78, 5) is 9.29. The maximum atomic E-state index is 9.63. The van der Waals surface area contributed by atoms with Crippen molar-refractivity contribution in [1.29, 1.82) is 0 Å². The van der Waals surface area contributed by atoms with Crippen LogP contribution in [0.4, 0.5) is 0 Å². The van der Waals surface area contributed by atoms with Gasteiger partial charge in [-0.2, -0.15) is 11.8 Å². The standard InChI is InChI=1S/C21H34N4OS/c1-21(2)16-25(12-13-27-21)20(22-3)23-14-17-4-6-18(7-5-17)15-24-10-8-19(26)9-11-24/h4-7,19,26H,8-16H2,1-3H3,(H,22,23). The zero-order valence-corrected chi connectivity index (χ0v) is 17.8. The highest BCUT2D eigenvalue weighted by molar-refractivity contribution is 8.00. The average Bonchev–Trinajstić information content (AvgIpc) is 2.65. The number of nitrogens with zero attached hydrogens (tertiary/aromatic N) is 3. The number of aliphatic hydroxyl groups excluding tert-OH is 1. The van der Waals surface area contributed by atoms with Gasteiger partial charge in [-0.1, -0.05) is 24.3 Å². The topological polar surface area (TPSA) is 51.1 Å². The number of aliphatic hydroxyl groups is 1. The van der Waals surface area contributed by atoms with Crippen LogP contribution >= 0.6 is 11.8 Å². The number of likely N-dealkylation sites (tertiary alicyclic amines) is 1. The highest BCUT2D eigenvalue weighted by Gasteiger charge is 2.28. The van der Waals surface area contributed by atoms with Crippen LogP contribution < -0.4 is 5.32 Å². The van der Waals surface area contributed by atoms with Gasteiger partial charge in [0.05, 0.1) is 6.10 Å². The Bertz CT molecular complexity index is 624. The van der Waals surface area contributed by atoms with Crippen molar-refractivity contribution in [3.05, 3.63) is 35.4 Å². The molecule has 1 aromatic rings. The molecule has 2 heterocycles. The Labute approximate surface area is 168 Å². The molecule has 0 saturated carbocycles. The highest BCUT2D eigenvalue weighted by Crippen LogP contribution is 2.29. The molecule has 0 aliphatic carbocycles. The summed E-state index contributed by atoms with van der Waals surface area (Å²) in [5.74, 6) is 2.15. The fraction of sp³-hybridized carbons (Fsp3) is 0.667. The van der Waals surface area contributed by atoms with E-state index in [-0.39, 0.29) is 10.9 Å². The van der Waals surface area contributed by atoms with Gasteiger partial charge in [0, 0.05) is 56.8 Å². The Morgan fingerprint density at radius 2 is 1.85 bits per heavy atom. The van der Waals surface area contributed by atoms with Crippen molar-refractivity contribution in [1.82, 2.24) is 15.1 Å². The van der Waals surface area contributed by atoms with E-state index < -0.39 is 0 Å². The van der Waals surface area contributed by atoms with Crippen LogP contribution in [0, 0.1) is 0 Å². The predicted molar refractivity (Wildman–Crippen MR) is 115 cm³/mol. The van der Waals surface area contributed by atoms with E-state index >= 15 is 0 Å². The highest BCUT2D eigenvalue weighted by atomic mass is 32.2. The Balaban J connectivity index is 1.49. The van der Waals surface area contributed by atoms with Gasteiger partial charge in [0.15, 0.2) is 5.96 Å². The molecule has 0 atom stereocenters. The lowest BCUT2D eigenvalue weighted by molar-refractivity contribution is 0.0792. The Morgan fingerprint density at radius 1 is 1.19 bits per heavy atom. The molecule has 0 amide bonds. The van der Waals surface area contributed by atoms with E-state index in [1.54, 1.807) is 0 Å². The first-order valence-corrected chi connectivity index (χ1v) is 11.0.